The molecule has 0 atom stereocenters. The van der Waals surface area contributed by atoms with Gasteiger partial charge in [-0.1, -0.05) is 0 Å². The summed E-state index contributed by atoms with van der Waals surface area (Å²) in [6.07, 6.45) is 3.75. The molecular weight excluding hydrogens is 170 g/mol. The fourth-order valence-corrected chi connectivity index (χ4v) is 1.07. The summed E-state index contributed by atoms with van der Waals surface area (Å²) < 4.78 is 0. The number of hydrogen-bond donors (Lipinski definition) is 1. The molecule has 0 aromatic rings. The molecule has 0 heterocycles. The van der Waals surface area contributed by atoms with E-state index >= 15 is 0 Å². The number of aliphatic hydroxyl groups is 1. The predicted octanol–water partition coefficient (Wildman–Crippen LogP) is -0.498. The lowest BCUT2D eigenvalue weighted by Gasteiger charge is -2.20. The molecule has 1 rings (SSSR count). The van der Waals surface area contributed by atoms with Gasteiger partial charge in [-0.15, -0.1) is 0 Å². The lowest BCUT2D eigenvalue weighted by Crippen LogP contribution is -2.27. The van der Waals surface area contributed by atoms with Crippen molar-refractivity contribution in [3.8, 4) is 0 Å². The van der Waals surface area contributed by atoms with Crippen LogP contribution >= 0.6 is 0 Å². The van der Waals surface area contributed by atoms with Crippen molar-refractivity contribution < 1.29 is 14.7 Å². The van der Waals surface area contributed by atoms with Gasteiger partial charge in [0.15, 0.2) is 5.78 Å². The highest BCUT2D eigenvalue weighted by molar-refractivity contribution is 6.16. The minimum atomic E-state index is -0.199. The highest BCUT2D eigenvalue weighted by Crippen LogP contribution is 2.08. The second-order valence-electron chi connectivity index (χ2n) is 2.77. The van der Waals surface area contributed by atoms with Gasteiger partial charge in [-0.3, -0.25) is 9.59 Å². The third-order valence-electron chi connectivity index (χ3n) is 1.78. The van der Waals surface area contributed by atoms with Crippen molar-refractivity contribution in [2.24, 2.45) is 0 Å². The standard InChI is InChI=1S/C9H11NO3/c1-10(4-5-11)8-6-7(12)2-3-9(8)13/h2-3,6,11H,4-5H2,1H3. The molecule has 1 aliphatic carbocycles. The quantitative estimate of drug-likeness (QED) is 0.596. The van der Waals surface area contributed by atoms with E-state index in [-0.39, 0.29) is 18.2 Å². The molecule has 0 unspecified atom stereocenters. The predicted molar refractivity (Wildman–Crippen MR) is 47.0 cm³/mol. The van der Waals surface area contributed by atoms with Crippen molar-refractivity contribution in [1.29, 1.82) is 0 Å². The molecule has 1 aliphatic rings. The summed E-state index contributed by atoms with van der Waals surface area (Å²) in [7, 11) is 1.66. The van der Waals surface area contributed by atoms with Gasteiger partial charge in [-0.25, -0.2) is 0 Å². The zero-order valence-electron chi connectivity index (χ0n) is 7.36. The average molecular weight is 181 g/mol. The number of ketones is 2. The second-order valence-corrected chi connectivity index (χ2v) is 2.77. The molecule has 1 N–H and O–H groups in total. The van der Waals surface area contributed by atoms with Gasteiger partial charge in [0.05, 0.1) is 12.3 Å². The van der Waals surface area contributed by atoms with E-state index in [2.05, 4.69) is 0 Å². The van der Waals surface area contributed by atoms with Gasteiger partial charge in [-0.2, -0.15) is 0 Å². The average Bonchev–Trinajstić information content (AvgIpc) is 2.09. The number of nitrogens with zero attached hydrogens (tertiary/aromatic N) is 1. The number of likely N-dealkylation sites (N-methyl/N-ethyl adjacent to an activating group) is 1. The van der Waals surface area contributed by atoms with Gasteiger partial charge in [0.1, 0.15) is 0 Å². The van der Waals surface area contributed by atoms with Crippen molar-refractivity contribution in [2.45, 2.75) is 0 Å². The molecule has 0 saturated heterocycles. The van der Waals surface area contributed by atoms with E-state index in [9.17, 15) is 9.59 Å². The van der Waals surface area contributed by atoms with Crippen LogP contribution in [0, 0.1) is 0 Å². The van der Waals surface area contributed by atoms with Crippen LogP contribution in [0.3, 0.4) is 0 Å². The topological polar surface area (TPSA) is 57.6 Å². The summed E-state index contributed by atoms with van der Waals surface area (Å²) in [4.78, 5) is 23.7. The maximum Gasteiger partial charge on any atom is 0.202 e. The Kier molecular flexibility index (Phi) is 2.97. The normalized spacial score (nSPS) is 16.0. The Morgan fingerprint density at radius 3 is 2.69 bits per heavy atom. The van der Waals surface area contributed by atoms with Gasteiger partial charge in [-0.05, 0) is 12.2 Å². The number of aliphatic hydroxyl groups excluding tert-OH is 1. The third-order valence-corrected chi connectivity index (χ3v) is 1.78. The first-order valence-corrected chi connectivity index (χ1v) is 3.95. The Labute approximate surface area is 76.2 Å². The number of carbonyl (C=O) groups is 2. The van der Waals surface area contributed by atoms with E-state index in [1.54, 1.807) is 11.9 Å². The summed E-state index contributed by atoms with van der Waals surface area (Å²) in [6.45, 7) is 0.303. The molecule has 4 heteroatoms. The Morgan fingerprint density at radius 2 is 2.08 bits per heavy atom. The smallest absolute Gasteiger partial charge is 0.202 e. The molecular formula is C9H11NO3. The molecule has 70 valence electrons. The molecule has 0 fully saturated rings. The van der Waals surface area contributed by atoms with Crippen LogP contribution in [-0.4, -0.2) is 41.8 Å². The zero-order chi connectivity index (χ0) is 9.84. The van der Waals surface area contributed by atoms with Gasteiger partial charge in [0, 0.05) is 19.7 Å². The summed E-state index contributed by atoms with van der Waals surface area (Å²) >= 11 is 0. The first kappa shape index (κ1) is 9.67. The van der Waals surface area contributed by atoms with Crippen LogP contribution in [0.2, 0.25) is 0 Å². The maximum atomic E-state index is 11.2. The Bertz CT molecular complexity index is 291. The van der Waals surface area contributed by atoms with E-state index < -0.39 is 0 Å². The Balaban J connectivity index is 2.78. The molecule has 0 aliphatic heterocycles. The minimum Gasteiger partial charge on any atom is -0.395 e. The fraction of sp³-hybridized carbons (Fsp3) is 0.333. The first-order valence-electron chi connectivity index (χ1n) is 3.95. The van der Waals surface area contributed by atoms with Crippen LogP contribution in [0.4, 0.5) is 0 Å². The monoisotopic (exact) mass is 181 g/mol. The zero-order valence-corrected chi connectivity index (χ0v) is 7.36. The molecule has 0 aromatic carbocycles. The van der Waals surface area contributed by atoms with Crippen molar-refractivity contribution in [3.63, 3.8) is 0 Å². The third kappa shape index (κ3) is 2.26. The van der Waals surface area contributed by atoms with E-state index in [1.165, 1.54) is 18.2 Å². The molecule has 0 spiro atoms. The van der Waals surface area contributed by atoms with Crippen LogP contribution in [-0.2, 0) is 9.59 Å². The Morgan fingerprint density at radius 1 is 1.38 bits per heavy atom. The summed E-state index contributed by atoms with van der Waals surface area (Å²) in [6, 6.07) is 0. The minimum absolute atomic E-state index is 0.0426. The number of carbonyl (C=O) groups excluding carboxylic acids is 2. The fourth-order valence-electron chi connectivity index (χ4n) is 1.07. The summed E-state index contributed by atoms with van der Waals surface area (Å²) in [5.74, 6) is -0.394. The second kappa shape index (κ2) is 4.00. The Hall–Kier alpha value is -1.42. The number of allylic oxidation sites excluding steroid dienone is 3. The van der Waals surface area contributed by atoms with E-state index in [4.69, 9.17) is 5.11 Å². The SMILES string of the molecule is CN(CCO)C1=CC(=O)C=CC1=O. The van der Waals surface area contributed by atoms with Crippen LogP contribution in [0.5, 0.6) is 0 Å². The van der Waals surface area contributed by atoms with Gasteiger partial charge in [0.25, 0.3) is 0 Å². The van der Waals surface area contributed by atoms with Crippen molar-refractivity contribution in [1.82, 2.24) is 4.90 Å². The van der Waals surface area contributed by atoms with Gasteiger partial charge < -0.3 is 10.0 Å². The summed E-state index contributed by atoms with van der Waals surface area (Å²) in [5, 5.41) is 8.64. The highest BCUT2D eigenvalue weighted by Gasteiger charge is 2.16. The van der Waals surface area contributed by atoms with Crippen LogP contribution in [0.25, 0.3) is 0 Å². The molecule has 0 saturated carbocycles. The van der Waals surface area contributed by atoms with Crippen LogP contribution in [0.1, 0.15) is 0 Å². The number of hydrogen-bond acceptors (Lipinski definition) is 4. The lowest BCUT2D eigenvalue weighted by molar-refractivity contribution is -0.115. The first-order chi connectivity index (χ1) is 6.15. The van der Waals surface area contributed by atoms with Crippen molar-refractivity contribution in [3.05, 3.63) is 23.9 Å². The highest BCUT2D eigenvalue weighted by atomic mass is 16.3. The van der Waals surface area contributed by atoms with Gasteiger partial charge >= 0.3 is 0 Å². The molecule has 0 radical (unpaired) electrons. The van der Waals surface area contributed by atoms with E-state index in [0.29, 0.717) is 12.2 Å². The van der Waals surface area contributed by atoms with Gasteiger partial charge in [0.2, 0.25) is 5.78 Å². The molecule has 0 amide bonds. The number of rotatable bonds is 3. The van der Waals surface area contributed by atoms with E-state index in [1.807, 2.05) is 0 Å². The largest absolute Gasteiger partial charge is 0.395 e. The molecule has 4 nitrogen and oxygen atoms in total. The van der Waals surface area contributed by atoms with Crippen LogP contribution < -0.4 is 0 Å². The summed E-state index contributed by atoms with van der Waals surface area (Å²) in [5.41, 5.74) is 0.335. The van der Waals surface area contributed by atoms with Crippen molar-refractivity contribution >= 4 is 11.6 Å². The van der Waals surface area contributed by atoms with E-state index in [0.717, 1.165) is 0 Å². The molecule has 13 heavy (non-hydrogen) atoms. The lowest BCUT2D eigenvalue weighted by atomic mass is 10.1. The molecule has 0 bridgehead atoms. The van der Waals surface area contributed by atoms with Crippen LogP contribution in [0.15, 0.2) is 23.9 Å². The maximum absolute atomic E-state index is 11.2. The molecule has 0 aromatic heterocycles. The van der Waals surface area contributed by atoms with Crippen molar-refractivity contribution in [2.75, 3.05) is 20.2 Å².